The van der Waals surface area contributed by atoms with Crippen molar-refractivity contribution >= 4 is 31.9 Å². The zero-order valence-electron chi connectivity index (χ0n) is 10.2. The topological polar surface area (TPSA) is 101 Å². The first-order valence-corrected chi connectivity index (χ1v) is 7.88. The van der Waals surface area contributed by atoms with E-state index < -0.39 is 32.2 Å². The average Bonchev–Trinajstić information content (AvgIpc) is 2.73. The van der Waals surface area contributed by atoms with Crippen LogP contribution in [0.3, 0.4) is 0 Å². The molecule has 0 amide bonds. The number of carbonyl (C=O) groups is 1. The molecule has 1 aromatic carbocycles. The van der Waals surface area contributed by atoms with Crippen molar-refractivity contribution < 1.29 is 22.7 Å². The summed E-state index contributed by atoms with van der Waals surface area (Å²) in [6, 6.07) is 3.57. The number of hydrogen-bond donors (Lipinski definition) is 2. The van der Waals surface area contributed by atoms with E-state index in [1.807, 2.05) is 0 Å². The fraction of sp³-hybridized carbons (Fsp3) is 0.364. The first-order valence-electron chi connectivity index (χ1n) is 5.64. The minimum Gasteiger partial charge on any atom is -0.480 e. The van der Waals surface area contributed by atoms with Crippen LogP contribution >= 0.6 is 15.9 Å². The lowest BCUT2D eigenvalue weighted by Crippen LogP contribution is -2.50. The van der Waals surface area contributed by atoms with Crippen LogP contribution in [0, 0.1) is 5.82 Å². The van der Waals surface area contributed by atoms with Crippen LogP contribution in [-0.4, -0.2) is 42.4 Å². The van der Waals surface area contributed by atoms with E-state index in [1.165, 1.54) is 6.07 Å². The van der Waals surface area contributed by atoms with Gasteiger partial charge in [-0.05, 0) is 24.6 Å². The van der Waals surface area contributed by atoms with Gasteiger partial charge in [0.15, 0.2) is 0 Å². The lowest BCUT2D eigenvalue weighted by Gasteiger charge is -2.20. The Bertz CT molecular complexity index is 666. The van der Waals surface area contributed by atoms with Gasteiger partial charge in [0.1, 0.15) is 16.3 Å². The van der Waals surface area contributed by atoms with Gasteiger partial charge < -0.3 is 10.8 Å². The summed E-state index contributed by atoms with van der Waals surface area (Å²) < 4.78 is 39.7. The highest BCUT2D eigenvalue weighted by atomic mass is 79.9. The Labute approximate surface area is 123 Å². The molecule has 0 aromatic heterocycles. The molecule has 0 aliphatic carbocycles. The number of aliphatic carboxylic acids is 1. The Kier molecular flexibility index (Phi) is 3.89. The normalized spacial score (nSPS) is 23.9. The van der Waals surface area contributed by atoms with Crippen LogP contribution in [0.4, 0.5) is 4.39 Å². The van der Waals surface area contributed by atoms with E-state index >= 15 is 0 Å². The first-order chi connectivity index (χ1) is 9.17. The fourth-order valence-electron chi connectivity index (χ4n) is 2.00. The summed E-state index contributed by atoms with van der Waals surface area (Å²) >= 11 is 3.04. The number of benzene rings is 1. The van der Waals surface area contributed by atoms with Crippen LogP contribution in [0.15, 0.2) is 27.6 Å². The zero-order valence-corrected chi connectivity index (χ0v) is 12.6. The Hall–Kier alpha value is -1.03. The minimum absolute atomic E-state index is 0.0142. The molecule has 0 saturated carbocycles. The molecule has 6 nitrogen and oxygen atoms in total. The average molecular weight is 367 g/mol. The van der Waals surface area contributed by atoms with Gasteiger partial charge in [-0.3, -0.25) is 4.79 Å². The number of halogens is 2. The Balaban J connectivity index is 2.35. The van der Waals surface area contributed by atoms with Gasteiger partial charge in [0.2, 0.25) is 10.0 Å². The van der Waals surface area contributed by atoms with Gasteiger partial charge >= 0.3 is 5.97 Å². The minimum atomic E-state index is -4.10. The van der Waals surface area contributed by atoms with Crippen molar-refractivity contribution in [3.63, 3.8) is 0 Å². The summed E-state index contributed by atoms with van der Waals surface area (Å²) in [4.78, 5) is 10.5. The van der Waals surface area contributed by atoms with Gasteiger partial charge in [-0.25, -0.2) is 12.8 Å². The number of carboxylic acids is 1. The van der Waals surface area contributed by atoms with Crippen molar-refractivity contribution in [1.82, 2.24) is 4.31 Å². The maximum atomic E-state index is 13.8. The van der Waals surface area contributed by atoms with Gasteiger partial charge in [-0.2, -0.15) is 4.31 Å². The monoisotopic (exact) mass is 366 g/mol. The van der Waals surface area contributed by atoms with E-state index in [0.717, 1.165) is 16.4 Å². The highest BCUT2D eigenvalue weighted by Crippen LogP contribution is 2.28. The molecule has 1 heterocycles. The van der Waals surface area contributed by atoms with Crippen molar-refractivity contribution in [2.45, 2.75) is 16.9 Å². The number of nitrogens with zero attached hydrogens (tertiary/aromatic N) is 1. The fourth-order valence-corrected chi connectivity index (χ4v) is 3.89. The molecular weight excluding hydrogens is 355 g/mol. The zero-order chi connectivity index (χ0) is 15.1. The smallest absolute Gasteiger partial charge is 0.325 e. The summed E-state index contributed by atoms with van der Waals surface area (Å²) in [5, 5.41) is 8.99. The predicted molar refractivity (Wildman–Crippen MR) is 72.0 cm³/mol. The molecule has 2 rings (SSSR count). The van der Waals surface area contributed by atoms with Crippen molar-refractivity contribution in [3.8, 4) is 0 Å². The van der Waals surface area contributed by atoms with Gasteiger partial charge in [0.25, 0.3) is 0 Å². The van der Waals surface area contributed by atoms with Crippen molar-refractivity contribution in [3.05, 3.63) is 28.5 Å². The van der Waals surface area contributed by atoms with Crippen LogP contribution in [0.25, 0.3) is 0 Å². The van der Waals surface area contributed by atoms with Gasteiger partial charge in [-0.1, -0.05) is 15.9 Å². The molecule has 9 heteroatoms. The van der Waals surface area contributed by atoms with Gasteiger partial charge in [0.05, 0.1) is 0 Å². The van der Waals surface area contributed by atoms with Crippen LogP contribution in [0.5, 0.6) is 0 Å². The lowest BCUT2D eigenvalue weighted by molar-refractivity contribution is -0.142. The molecule has 1 unspecified atom stereocenters. The van der Waals surface area contributed by atoms with Crippen molar-refractivity contribution in [2.24, 2.45) is 5.73 Å². The number of sulfonamides is 1. The molecule has 0 radical (unpaired) electrons. The Morgan fingerprint density at radius 3 is 2.65 bits per heavy atom. The summed E-state index contributed by atoms with van der Waals surface area (Å²) in [5.74, 6) is -2.17. The third-order valence-corrected chi connectivity index (χ3v) is 5.58. The molecular formula is C11H12BrFN2O4S. The molecule has 1 aromatic rings. The van der Waals surface area contributed by atoms with Crippen LogP contribution < -0.4 is 5.73 Å². The number of carboxylic acid groups (broad SMARTS) is 1. The van der Waals surface area contributed by atoms with Crippen molar-refractivity contribution in [2.75, 3.05) is 13.1 Å². The molecule has 1 fully saturated rings. The van der Waals surface area contributed by atoms with E-state index in [2.05, 4.69) is 15.9 Å². The largest absolute Gasteiger partial charge is 0.480 e. The van der Waals surface area contributed by atoms with E-state index in [1.54, 1.807) is 0 Å². The summed E-state index contributed by atoms with van der Waals surface area (Å²) in [6.07, 6.45) is -0.0142. The first kappa shape index (κ1) is 15.4. The van der Waals surface area contributed by atoms with Crippen LogP contribution in [-0.2, 0) is 14.8 Å². The molecule has 0 spiro atoms. The number of rotatable bonds is 3. The maximum absolute atomic E-state index is 13.8. The molecule has 1 atom stereocenters. The van der Waals surface area contributed by atoms with E-state index in [-0.39, 0.29) is 19.5 Å². The molecule has 110 valence electrons. The molecule has 1 aliphatic rings. The number of hydrogen-bond acceptors (Lipinski definition) is 4. The van der Waals surface area contributed by atoms with Crippen LogP contribution in [0.1, 0.15) is 6.42 Å². The Morgan fingerprint density at radius 2 is 2.15 bits per heavy atom. The molecule has 20 heavy (non-hydrogen) atoms. The van der Waals surface area contributed by atoms with Crippen LogP contribution in [0.2, 0.25) is 0 Å². The molecule has 1 aliphatic heterocycles. The SMILES string of the molecule is NC1(C(=O)O)CCN(S(=O)(=O)c2ccc(Br)cc2F)C1. The second kappa shape index (κ2) is 5.06. The predicted octanol–water partition coefficient (Wildman–Crippen LogP) is 0.765. The van der Waals surface area contributed by atoms with E-state index in [4.69, 9.17) is 10.8 Å². The summed E-state index contributed by atoms with van der Waals surface area (Å²) in [5.41, 5.74) is 4.00. The molecule has 1 saturated heterocycles. The summed E-state index contributed by atoms with van der Waals surface area (Å²) in [6.45, 7) is -0.430. The quantitative estimate of drug-likeness (QED) is 0.822. The highest BCUT2D eigenvalue weighted by Gasteiger charge is 2.46. The lowest BCUT2D eigenvalue weighted by atomic mass is 10.0. The second-order valence-corrected chi connectivity index (χ2v) is 7.45. The highest BCUT2D eigenvalue weighted by molar-refractivity contribution is 9.10. The third kappa shape index (κ3) is 2.58. The molecule has 0 bridgehead atoms. The summed E-state index contributed by atoms with van der Waals surface area (Å²) in [7, 11) is -4.10. The maximum Gasteiger partial charge on any atom is 0.325 e. The Morgan fingerprint density at radius 1 is 1.50 bits per heavy atom. The number of nitrogens with two attached hydrogens (primary N) is 1. The van der Waals surface area contributed by atoms with E-state index in [0.29, 0.717) is 4.47 Å². The second-order valence-electron chi connectivity index (χ2n) is 4.62. The van der Waals surface area contributed by atoms with E-state index in [9.17, 15) is 17.6 Å². The third-order valence-electron chi connectivity index (χ3n) is 3.20. The van der Waals surface area contributed by atoms with Gasteiger partial charge in [0, 0.05) is 17.6 Å². The van der Waals surface area contributed by atoms with Crippen molar-refractivity contribution in [1.29, 1.82) is 0 Å². The molecule has 3 N–H and O–H groups in total. The van der Waals surface area contributed by atoms with Gasteiger partial charge in [-0.15, -0.1) is 0 Å². The standard InChI is InChI=1S/C11H12BrFN2O4S/c12-7-1-2-9(8(13)5-7)20(18,19)15-4-3-11(14,6-15)10(16)17/h1-2,5H,3-4,6,14H2,(H,16,17).